The van der Waals surface area contributed by atoms with E-state index in [2.05, 4.69) is 24.5 Å². The average molecular weight is 627 g/mol. The first kappa shape index (κ1) is 40.0. The number of esters is 5. The van der Waals surface area contributed by atoms with Crippen LogP contribution in [0.15, 0.2) is 38.0 Å². The molecule has 13 heteroatoms. The van der Waals surface area contributed by atoms with E-state index in [1.807, 2.05) is 6.92 Å². The van der Waals surface area contributed by atoms with E-state index >= 15 is 0 Å². The zero-order valence-corrected chi connectivity index (χ0v) is 25.5. The van der Waals surface area contributed by atoms with Crippen molar-refractivity contribution in [3.05, 3.63) is 38.0 Å². The van der Waals surface area contributed by atoms with Crippen molar-refractivity contribution in [3.63, 3.8) is 0 Å². The van der Waals surface area contributed by atoms with Gasteiger partial charge in [-0.1, -0.05) is 26.7 Å². The van der Waals surface area contributed by atoms with E-state index in [1.54, 1.807) is 0 Å². The zero-order valence-electron chi connectivity index (χ0n) is 25.5. The van der Waals surface area contributed by atoms with Gasteiger partial charge in [0, 0.05) is 43.9 Å². The van der Waals surface area contributed by atoms with Gasteiger partial charge < -0.3 is 33.5 Å². The van der Waals surface area contributed by atoms with Gasteiger partial charge in [-0.25, -0.2) is 14.4 Å². The van der Waals surface area contributed by atoms with Gasteiger partial charge in [0.05, 0.1) is 32.5 Å². The second-order valence-corrected chi connectivity index (χ2v) is 9.54. The van der Waals surface area contributed by atoms with Crippen LogP contribution in [0.4, 0.5) is 0 Å². The Morgan fingerprint density at radius 3 is 1.48 bits per heavy atom. The SMILES string of the molecule is C=CC(=O)OCCCCC(=O)O.C=CC(=O)OCCCCC(=O)O[C@H]1CC(CC)OC[C@H]1OC(=O)CCCCOC(=O)C=C. The van der Waals surface area contributed by atoms with Crippen molar-refractivity contribution >= 4 is 35.8 Å². The van der Waals surface area contributed by atoms with Crippen molar-refractivity contribution in [2.75, 3.05) is 26.4 Å². The van der Waals surface area contributed by atoms with Crippen molar-refractivity contribution in [1.29, 1.82) is 0 Å². The van der Waals surface area contributed by atoms with Crippen LogP contribution < -0.4 is 0 Å². The average Bonchev–Trinajstić information content (AvgIpc) is 3.00. The van der Waals surface area contributed by atoms with Crippen LogP contribution in [0.5, 0.6) is 0 Å². The van der Waals surface area contributed by atoms with Crippen LogP contribution in [0.3, 0.4) is 0 Å². The number of carboxylic acids is 1. The third kappa shape index (κ3) is 21.7. The number of hydrogen-bond donors (Lipinski definition) is 1. The van der Waals surface area contributed by atoms with Gasteiger partial charge in [0.2, 0.25) is 0 Å². The molecule has 0 bridgehead atoms. The molecule has 3 atom stereocenters. The number of carbonyl (C=O) groups excluding carboxylic acids is 5. The van der Waals surface area contributed by atoms with E-state index in [0.29, 0.717) is 44.9 Å². The smallest absolute Gasteiger partial charge is 0.330 e. The summed E-state index contributed by atoms with van der Waals surface area (Å²) in [5, 5.41) is 8.24. The second kappa shape index (κ2) is 25.5. The minimum Gasteiger partial charge on any atom is -0.481 e. The van der Waals surface area contributed by atoms with Crippen LogP contribution in [0.1, 0.15) is 77.6 Å². The Labute approximate surface area is 258 Å². The predicted octanol–water partition coefficient (Wildman–Crippen LogP) is 3.78. The molecule has 0 aromatic rings. The molecule has 0 amide bonds. The maximum absolute atomic E-state index is 12.2. The highest BCUT2D eigenvalue weighted by Gasteiger charge is 2.35. The Bertz CT molecular complexity index is 943. The highest BCUT2D eigenvalue weighted by atomic mass is 16.6. The maximum Gasteiger partial charge on any atom is 0.330 e. The minimum absolute atomic E-state index is 0.0689. The normalized spacial score (nSPS) is 17.0. The monoisotopic (exact) mass is 626 g/mol. The molecule has 13 nitrogen and oxygen atoms in total. The van der Waals surface area contributed by atoms with E-state index in [9.17, 15) is 28.8 Å². The third-order valence-corrected chi connectivity index (χ3v) is 6.00. The van der Waals surface area contributed by atoms with Crippen molar-refractivity contribution in [3.8, 4) is 0 Å². The summed E-state index contributed by atoms with van der Waals surface area (Å²) < 4.78 is 31.1. The summed E-state index contributed by atoms with van der Waals surface area (Å²) in [5.41, 5.74) is 0. The van der Waals surface area contributed by atoms with Gasteiger partial charge in [-0.05, 0) is 44.9 Å². The Hall–Kier alpha value is -4.00. The molecule has 1 aliphatic rings. The molecule has 1 unspecified atom stereocenters. The van der Waals surface area contributed by atoms with Gasteiger partial charge >= 0.3 is 35.8 Å². The Morgan fingerprint density at radius 1 is 0.682 bits per heavy atom. The molecule has 44 heavy (non-hydrogen) atoms. The van der Waals surface area contributed by atoms with Gasteiger partial charge in [0.25, 0.3) is 0 Å². The molecule has 0 saturated carbocycles. The highest BCUT2D eigenvalue weighted by Crippen LogP contribution is 2.23. The van der Waals surface area contributed by atoms with Crippen molar-refractivity contribution in [2.24, 2.45) is 0 Å². The molecule has 248 valence electrons. The van der Waals surface area contributed by atoms with Crippen LogP contribution in [0, 0.1) is 0 Å². The van der Waals surface area contributed by atoms with Crippen LogP contribution in [-0.2, 0) is 57.2 Å². The summed E-state index contributed by atoms with van der Waals surface area (Å²) in [6, 6.07) is 0. The summed E-state index contributed by atoms with van der Waals surface area (Å²) in [4.78, 5) is 66.9. The Morgan fingerprint density at radius 2 is 1.09 bits per heavy atom. The van der Waals surface area contributed by atoms with E-state index in [1.165, 1.54) is 0 Å². The number of carbonyl (C=O) groups is 6. The topological polar surface area (TPSA) is 178 Å². The van der Waals surface area contributed by atoms with Crippen LogP contribution in [0.2, 0.25) is 0 Å². The Kier molecular flexibility index (Phi) is 23.2. The third-order valence-electron chi connectivity index (χ3n) is 6.00. The number of hydrogen-bond acceptors (Lipinski definition) is 12. The second-order valence-electron chi connectivity index (χ2n) is 9.54. The standard InChI is InChI=1S/C23H34O9.C8H12O4/c1-4-17-15-18(31-22(26)11-7-9-13-28-20(24)5-2)19(16-30-17)32-23(27)12-8-10-14-29-21(25)6-3;1-2-8(11)12-6-4-3-5-7(9)10/h5-6,17-19H,2-4,7-16H2,1H3;2H,1,3-6H2,(H,9,10)/t17?,18-,19+;/m0./s1. The lowest BCUT2D eigenvalue weighted by Gasteiger charge is -2.35. The van der Waals surface area contributed by atoms with Crippen LogP contribution >= 0.6 is 0 Å². The van der Waals surface area contributed by atoms with Crippen molar-refractivity contribution in [2.45, 2.75) is 95.9 Å². The number of aliphatic carboxylic acids is 1. The van der Waals surface area contributed by atoms with E-state index in [-0.39, 0.29) is 51.8 Å². The summed E-state index contributed by atoms with van der Waals surface area (Å²) in [7, 11) is 0. The van der Waals surface area contributed by atoms with E-state index in [4.69, 9.17) is 28.8 Å². The molecule has 1 aliphatic heterocycles. The zero-order chi connectivity index (χ0) is 33.2. The lowest BCUT2D eigenvalue weighted by Crippen LogP contribution is -2.46. The molecule has 1 heterocycles. The fourth-order valence-corrected chi connectivity index (χ4v) is 3.61. The van der Waals surface area contributed by atoms with E-state index in [0.717, 1.165) is 24.6 Å². The number of unbranched alkanes of at least 4 members (excludes halogenated alkanes) is 3. The summed E-state index contributed by atoms with van der Waals surface area (Å²) in [5.74, 6) is -3.11. The lowest BCUT2D eigenvalue weighted by atomic mass is 10.0. The Balaban J connectivity index is 0.00000129. The molecule has 0 aromatic heterocycles. The van der Waals surface area contributed by atoms with Crippen molar-refractivity contribution < 1.29 is 62.3 Å². The highest BCUT2D eigenvalue weighted by molar-refractivity contribution is 5.81. The summed E-state index contributed by atoms with van der Waals surface area (Å²) in [6.45, 7) is 12.6. The lowest BCUT2D eigenvalue weighted by molar-refractivity contribution is -0.190. The fourth-order valence-electron chi connectivity index (χ4n) is 3.61. The van der Waals surface area contributed by atoms with Gasteiger partial charge in [-0.15, -0.1) is 0 Å². The number of carboxylic acid groups (broad SMARTS) is 1. The molecular weight excluding hydrogens is 580 g/mol. The molecule has 0 spiro atoms. The maximum atomic E-state index is 12.2. The van der Waals surface area contributed by atoms with E-state index < -0.39 is 48.0 Å². The molecule has 0 aromatic carbocycles. The molecule has 1 rings (SSSR count). The summed E-state index contributed by atoms with van der Waals surface area (Å²) >= 11 is 0. The molecular formula is C31H46O13. The van der Waals surface area contributed by atoms with Gasteiger partial charge in [0.1, 0.15) is 6.10 Å². The molecule has 1 fully saturated rings. The first-order valence-corrected chi connectivity index (χ1v) is 14.7. The fraction of sp³-hybridized carbons (Fsp3) is 0.613. The summed E-state index contributed by atoms with van der Waals surface area (Å²) in [6.07, 6.45) is 6.75. The number of rotatable bonds is 21. The van der Waals surface area contributed by atoms with Gasteiger partial charge in [0.15, 0.2) is 6.10 Å². The first-order valence-electron chi connectivity index (χ1n) is 14.7. The predicted molar refractivity (Wildman–Crippen MR) is 157 cm³/mol. The largest absolute Gasteiger partial charge is 0.481 e. The van der Waals surface area contributed by atoms with Gasteiger partial charge in [-0.3, -0.25) is 14.4 Å². The van der Waals surface area contributed by atoms with Crippen LogP contribution in [0.25, 0.3) is 0 Å². The van der Waals surface area contributed by atoms with Crippen LogP contribution in [-0.4, -0.2) is 85.7 Å². The van der Waals surface area contributed by atoms with Gasteiger partial charge in [-0.2, -0.15) is 0 Å². The molecule has 1 N–H and O–H groups in total. The quantitative estimate of drug-likeness (QED) is 0.0843. The minimum atomic E-state index is -0.829. The molecule has 0 radical (unpaired) electrons. The molecule has 0 aliphatic carbocycles. The number of ether oxygens (including phenoxy) is 6. The van der Waals surface area contributed by atoms with Crippen molar-refractivity contribution in [1.82, 2.24) is 0 Å². The molecule has 1 saturated heterocycles. The first-order chi connectivity index (χ1) is 21.1.